The normalized spacial score (nSPS) is 16.3. The summed E-state index contributed by atoms with van der Waals surface area (Å²) in [6.07, 6.45) is 6.10. The van der Waals surface area contributed by atoms with E-state index < -0.39 is 0 Å². The first-order valence-electron chi connectivity index (χ1n) is 9.00. The molecular weight excluding hydrogens is 300 g/mol. The standard InChI is InChI=1S/C19H32N4O/c1-20-18(23-16-19(10-6-11-19)12-15-24-2)22-14-7-13-21-17-8-4-3-5-9-17/h3-5,8-9,21H,6-7,10-16H2,1-2H3,(H2,20,22,23). The van der Waals surface area contributed by atoms with Crippen LogP contribution in [0, 0.1) is 5.41 Å². The van der Waals surface area contributed by atoms with Crippen molar-refractivity contribution in [3.05, 3.63) is 30.3 Å². The van der Waals surface area contributed by atoms with Gasteiger partial charge in [0.25, 0.3) is 0 Å². The third-order valence-corrected chi connectivity index (χ3v) is 4.85. The molecule has 1 aromatic carbocycles. The minimum atomic E-state index is 0.405. The zero-order chi connectivity index (χ0) is 17.1. The Morgan fingerprint density at radius 2 is 1.96 bits per heavy atom. The van der Waals surface area contributed by atoms with Gasteiger partial charge in [0.2, 0.25) is 0 Å². The lowest BCUT2D eigenvalue weighted by atomic mass is 9.67. The average Bonchev–Trinajstić information content (AvgIpc) is 2.59. The second-order valence-electron chi connectivity index (χ2n) is 6.60. The number of benzene rings is 1. The SMILES string of the molecule is CN=C(NCCCNc1ccccc1)NCC1(CCOC)CCC1. The van der Waals surface area contributed by atoms with Crippen LogP contribution in [0.2, 0.25) is 0 Å². The first kappa shape index (κ1) is 18.6. The lowest BCUT2D eigenvalue weighted by Crippen LogP contribution is -2.47. The molecule has 1 aliphatic carbocycles. The quantitative estimate of drug-likeness (QED) is 0.350. The molecule has 5 nitrogen and oxygen atoms in total. The summed E-state index contributed by atoms with van der Waals surface area (Å²) in [5, 5.41) is 10.3. The van der Waals surface area contributed by atoms with Gasteiger partial charge < -0.3 is 20.7 Å². The van der Waals surface area contributed by atoms with E-state index in [1.165, 1.54) is 24.9 Å². The van der Waals surface area contributed by atoms with Crippen molar-refractivity contribution in [3.8, 4) is 0 Å². The number of aliphatic imine (C=N–C) groups is 1. The van der Waals surface area contributed by atoms with Crippen molar-refractivity contribution in [2.75, 3.05) is 45.7 Å². The van der Waals surface area contributed by atoms with E-state index in [0.29, 0.717) is 5.41 Å². The van der Waals surface area contributed by atoms with Crippen molar-refractivity contribution < 1.29 is 4.74 Å². The summed E-state index contributed by atoms with van der Waals surface area (Å²) in [6, 6.07) is 10.3. The maximum absolute atomic E-state index is 5.25. The predicted molar refractivity (Wildman–Crippen MR) is 102 cm³/mol. The summed E-state index contributed by atoms with van der Waals surface area (Å²) in [6.45, 7) is 3.69. The fourth-order valence-corrected chi connectivity index (χ4v) is 3.09. The summed E-state index contributed by atoms with van der Waals surface area (Å²) < 4.78 is 5.25. The average molecular weight is 332 g/mol. The Kier molecular flexibility index (Phi) is 7.89. The molecule has 0 aliphatic heterocycles. The van der Waals surface area contributed by atoms with Crippen LogP contribution < -0.4 is 16.0 Å². The van der Waals surface area contributed by atoms with Crippen LogP contribution in [-0.2, 0) is 4.74 Å². The van der Waals surface area contributed by atoms with Gasteiger partial charge >= 0.3 is 0 Å². The fraction of sp³-hybridized carbons (Fsp3) is 0.632. The Morgan fingerprint density at radius 1 is 1.17 bits per heavy atom. The first-order chi connectivity index (χ1) is 11.8. The van der Waals surface area contributed by atoms with Crippen molar-refractivity contribution in [2.24, 2.45) is 10.4 Å². The molecule has 0 radical (unpaired) electrons. The van der Waals surface area contributed by atoms with Crippen molar-refractivity contribution in [3.63, 3.8) is 0 Å². The molecule has 0 spiro atoms. The number of rotatable bonds is 10. The van der Waals surface area contributed by atoms with Gasteiger partial charge in [-0.05, 0) is 43.2 Å². The topological polar surface area (TPSA) is 57.7 Å². The molecule has 1 aromatic rings. The smallest absolute Gasteiger partial charge is 0.190 e. The monoisotopic (exact) mass is 332 g/mol. The highest BCUT2D eigenvalue weighted by atomic mass is 16.5. The predicted octanol–water partition coefficient (Wildman–Crippen LogP) is 2.86. The summed E-state index contributed by atoms with van der Waals surface area (Å²) >= 11 is 0. The number of methoxy groups -OCH3 is 1. The van der Waals surface area contributed by atoms with Crippen molar-refractivity contribution >= 4 is 11.6 Å². The van der Waals surface area contributed by atoms with Gasteiger partial charge in [-0.3, -0.25) is 4.99 Å². The van der Waals surface area contributed by atoms with E-state index in [0.717, 1.165) is 45.0 Å². The maximum atomic E-state index is 5.25. The molecule has 0 unspecified atom stereocenters. The molecule has 24 heavy (non-hydrogen) atoms. The number of nitrogens with zero attached hydrogens (tertiary/aromatic N) is 1. The molecule has 0 heterocycles. The zero-order valence-corrected chi connectivity index (χ0v) is 15.1. The van der Waals surface area contributed by atoms with Crippen LogP contribution in [0.4, 0.5) is 5.69 Å². The minimum Gasteiger partial charge on any atom is -0.385 e. The lowest BCUT2D eigenvalue weighted by molar-refractivity contribution is 0.0732. The van der Waals surface area contributed by atoms with Crippen LogP contribution in [0.5, 0.6) is 0 Å². The molecule has 1 saturated carbocycles. The van der Waals surface area contributed by atoms with Crippen LogP contribution in [0.3, 0.4) is 0 Å². The molecule has 0 atom stereocenters. The number of hydrogen-bond donors (Lipinski definition) is 3. The number of hydrogen-bond acceptors (Lipinski definition) is 3. The number of ether oxygens (including phenoxy) is 1. The molecule has 1 aliphatic rings. The first-order valence-corrected chi connectivity index (χ1v) is 9.00. The van der Waals surface area contributed by atoms with Crippen molar-refractivity contribution in [1.82, 2.24) is 10.6 Å². The van der Waals surface area contributed by atoms with Gasteiger partial charge in [0.05, 0.1) is 0 Å². The van der Waals surface area contributed by atoms with E-state index in [9.17, 15) is 0 Å². The van der Waals surface area contributed by atoms with Gasteiger partial charge in [-0.2, -0.15) is 0 Å². The van der Waals surface area contributed by atoms with Crippen molar-refractivity contribution in [1.29, 1.82) is 0 Å². The van der Waals surface area contributed by atoms with E-state index >= 15 is 0 Å². The van der Waals surface area contributed by atoms with Crippen LogP contribution in [0.25, 0.3) is 0 Å². The van der Waals surface area contributed by atoms with Crippen LogP contribution in [-0.4, -0.2) is 46.4 Å². The molecular formula is C19H32N4O. The van der Waals surface area contributed by atoms with Crippen LogP contribution in [0.15, 0.2) is 35.3 Å². The van der Waals surface area contributed by atoms with E-state index in [2.05, 4.69) is 33.1 Å². The molecule has 1 fully saturated rings. The number of anilines is 1. The van der Waals surface area contributed by atoms with E-state index in [-0.39, 0.29) is 0 Å². The molecule has 134 valence electrons. The molecule has 0 amide bonds. The summed E-state index contributed by atoms with van der Waals surface area (Å²) in [5.74, 6) is 0.901. The lowest BCUT2D eigenvalue weighted by Gasteiger charge is -2.42. The van der Waals surface area contributed by atoms with E-state index in [4.69, 9.17) is 4.74 Å². The highest BCUT2D eigenvalue weighted by Gasteiger charge is 2.36. The van der Waals surface area contributed by atoms with Crippen LogP contribution in [0.1, 0.15) is 32.1 Å². The van der Waals surface area contributed by atoms with Gasteiger partial charge in [0.15, 0.2) is 5.96 Å². The Balaban J connectivity index is 1.60. The summed E-state index contributed by atoms with van der Waals surface area (Å²) in [7, 11) is 3.61. The number of para-hydroxylation sites is 1. The second-order valence-corrected chi connectivity index (χ2v) is 6.60. The second kappa shape index (κ2) is 10.2. The highest BCUT2D eigenvalue weighted by Crippen LogP contribution is 2.43. The Morgan fingerprint density at radius 3 is 2.58 bits per heavy atom. The van der Waals surface area contributed by atoms with E-state index in [1.54, 1.807) is 7.11 Å². The highest BCUT2D eigenvalue weighted by molar-refractivity contribution is 5.79. The molecule has 0 bridgehead atoms. The summed E-state index contributed by atoms with van der Waals surface area (Å²) in [4.78, 5) is 4.33. The van der Waals surface area contributed by atoms with Gasteiger partial charge in [-0.25, -0.2) is 0 Å². The summed E-state index contributed by atoms with van der Waals surface area (Å²) in [5.41, 5.74) is 1.58. The number of guanidine groups is 1. The van der Waals surface area contributed by atoms with Crippen LogP contribution >= 0.6 is 0 Å². The third-order valence-electron chi connectivity index (χ3n) is 4.85. The Hall–Kier alpha value is -1.75. The van der Waals surface area contributed by atoms with Gasteiger partial charge in [0.1, 0.15) is 0 Å². The Labute approximate surface area is 146 Å². The van der Waals surface area contributed by atoms with Crippen molar-refractivity contribution in [2.45, 2.75) is 32.1 Å². The fourth-order valence-electron chi connectivity index (χ4n) is 3.09. The maximum Gasteiger partial charge on any atom is 0.190 e. The third kappa shape index (κ3) is 6.04. The van der Waals surface area contributed by atoms with E-state index in [1.807, 2.05) is 25.2 Å². The molecule has 5 heteroatoms. The van der Waals surface area contributed by atoms with Gasteiger partial charge in [-0.15, -0.1) is 0 Å². The van der Waals surface area contributed by atoms with Gasteiger partial charge in [-0.1, -0.05) is 24.6 Å². The molecule has 2 rings (SSSR count). The Bertz CT molecular complexity index is 485. The molecule has 0 aromatic heterocycles. The largest absolute Gasteiger partial charge is 0.385 e. The number of nitrogens with one attached hydrogen (secondary N) is 3. The minimum absolute atomic E-state index is 0.405. The molecule has 3 N–H and O–H groups in total. The molecule has 0 saturated heterocycles. The van der Waals surface area contributed by atoms with Gasteiger partial charge in [0, 0.05) is 46.1 Å². The zero-order valence-electron chi connectivity index (χ0n) is 15.1.